The SMILES string of the molecule is CS(=O)(=O)O.C[C@@H](c1ncncc1F)[C@](O)(CN1C=NCN1)c1ccc(F)cc1-c1ncncc1F. The molecule has 0 radical (unpaired) electrons. The molecule has 0 amide bonds. The number of hydrogen-bond acceptors (Lipinski definition) is 10. The molecule has 3 N–H and O–H groups in total. The van der Waals surface area contributed by atoms with Crippen LogP contribution in [0.1, 0.15) is 24.1 Å². The summed E-state index contributed by atoms with van der Waals surface area (Å²) in [7, 11) is -3.67. The van der Waals surface area contributed by atoms with E-state index in [2.05, 4.69) is 30.4 Å². The van der Waals surface area contributed by atoms with Crippen LogP contribution in [-0.4, -0.2) is 68.8 Å². The smallest absolute Gasteiger partial charge is 0.261 e. The largest absolute Gasteiger partial charge is 0.383 e. The van der Waals surface area contributed by atoms with E-state index in [1.165, 1.54) is 23.7 Å². The summed E-state index contributed by atoms with van der Waals surface area (Å²) in [5.74, 6) is -3.10. The van der Waals surface area contributed by atoms with Gasteiger partial charge in [0.25, 0.3) is 10.1 Å². The zero-order valence-electron chi connectivity index (χ0n) is 19.0. The minimum Gasteiger partial charge on any atom is -0.383 e. The second-order valence-corrected chi connectivity index (χ2v) is 9.25. The molecule has 1 aliphatic rings. The van der Waals surface area contributed by atoms with E-state index in [0.717, 1.165) is 30.9 Å². The lowest BCUT2D eigenvalue weighted by atomic mass is 9.77. The summed E-state index contributed by atoms with van der Waals surface area (Å²) >= 11 is 0. The molecule has 1 aliphatic heterocycles. The van der Waals surface area contributed by atoms with Crippen molar-refractivity contribution in [2.75, 3.05) is 19.5 Å². The topological polar surface area (TPSA) is 154 Å². The molecular weight excluding hydrogens is 503 g/mol. The highest BCUT2D eigenvalue weighted by atomic mass is 32.2. The van der Waals surface area contributed by atoms with E-state index in [1.54, 1.807) is 6.92 Å². The molecule has 0 unspecified atom stereocenters. The number of nitrogens with zero attached hydrogens (tertiary/aromatic N) is 6. The Labute approximate surface area is 204 Å². The lowest BCUT2D eigenvalue weighted by Crippen LogP contribution is -2.47. The predicted octanol–water partition coefficient (Wildman–Crippen LogP) is 1.65. The van der Waals surface area contributed by atoms with E-state index in [1.807, 2.05) is 0 Å². The van der Waals surface area contributed by atoms with Crippen LogP contribution in [0.2, 0.25) is 0 Å². The van der Waals surface area contributed by atoms with E-state index < -0.39 is 39.1 Å². The molecule has 0 spiro atoms. The summed E-state index contributed by atoms with van der Waals surface area (Å²) in [6.07, 6.45) is 6.41. The number of hydrazine groups is 1. The number of aliphatic imine (C=N–C) groups is 1. The lowest BCUT2D eigenvalue weighted by Gasteiger charge is -2.38. The highest BCUT2D eigenvalue weighted by molar-refractivity contribution is 7.85. The van der Waals surface area contributed by atoms with Gasteiger partial charge in [-0.05, 0) is 17.7 Å². The molecule has 11 nitrogen and oxygen atoms in total. The van der Waals surface area contributed by atoms with Gasteiger partial charge < -0.3 is 5.11 Å². The number of nitrogens with one attached hydrogen (secondary N) is 1. The zero-order chi connectivity index (χ0) is 26.5. The van der Waals surface area contributed by atoms with E-state index in [9.17, 15) is 26.7 Å². The minimum atomic E-state index is -3.67. The molecule has 2 atom stereocenters. The second-order valence-electron chi connectivity index (χ2n) is 7.79. The summed E-state index contributed by atoms with van der Waals surface area (Å²) < 4.78 is 69.1. The fraction of sp³-hybridized carbons (Fsp3) is 0.286. The standard InChI is InChI=1S/C20H18F3N7O.CH4O3S/c1-12(18-16(22)5-24-8-27-18)20(31,7-30-11-26-10-29-30)15-3-2-13(21)4-14(15)19-17(23)6-25-9-28-19;1-5(2,3)4/h2-6,8-9,11-12,29,31H,7,10H2,1H3;1H3,(H,2,3,4)/t12-,20+;/m0./s1. The van der Waals surface area contributed by atoms with Crippen molar-refractivity contribution in [2.45, 2.75) is 18.4 Å². The first-order valence-electron chi connectivity index (χ1n) is 10.3. The fourth-order valence-electron chi connectivity index (χ4n) is 3.59. The van der Waals surface area contributed by atoms with Gasteiger partial charge in [0.1, 0.15) is 42.8 Å². The average molecular weight is 526 g/mol. The van der Waals surface area contributed by atoms with Crippen LogP contribution in [-0.2, 0) is 15.7 Å². The average Bonchev–Trinajstić information content (AvgIpc) is 3.31. The van der Waals surface area contributed by atoms with Gasteiger partial charge in [0.05, 0.1) is 30.9 Å². The van der Waals surface area contributed by atoms with Crippen molar-refractivity contribution in [3.8, 4) is 11.3 Å². The van der Waals surface area contributed by atoms with Crippen LogP contribution in [0.25, 0.3) is 11.3 Å². The van der Waals surface area contributed by atoms with Crippen LogP contribution in [0.15, 0.2) is 48.2 Å². The Hall–Kier alpha value is -3.53. The number of hydrogen-bond donors (Lipinski definition) is 3. The van der Waals surface area contributed by atoms with Crippen LogP contribution in [0.4, 0.5) is 13.2 Å². The van der Waals surface area contributed by atoms with Gasteiger partial charge in [0.15, 0.2) is 11.6 Å². The van der Waals surface area contributed by atoms with Crippen LogP contribution < -0.4 is 5.43 Å². The van der Waals surface area contributed by atoms with Crippen molar-refractivity contribution in [1.29, 1.82) is 0 Å². The molecule has 0 fully saturated rings. The first kappa shape index (κ1) is 27.1. The van der Waals surface area contributed by atoms with Crippen molar-refractivity contribution in [1.82, 2.24) is 30.4 Å². The van der Waals surface area contributed by atoms with Gasteiger partial charge >= 0.3 is 0 Å². The summed E-state index contributed by atoms with van der Waals surface area (Å²) in [5.41, 5.74) is 0.983. The third-order valence-electron chi connectivity index (χ3n) is 5.19. The maximum Gasteiger partial charge on any atom is 0.261 e. The van der Waals surface area contributed by atoms with Gasteiger partial charge in [0.2, 0.25) is 0 Å². The van der Waals surface area contributed by atoms with Crippen molar-refractivity contribution >= 4 is 16.5 Å². The number of halogens is 3. The van der Waals surface area contributed by atoms with Gasteiger partial charge in [-0.3, -0.25) is 14.6 Å². The molecule has 0 saturated carbocycles. The highest BCUT2D eigenvalue weighted by Gasteiger charge is 2.43. The summed E-state index contributed by atoms with van der Waals surface area (Å²) in [5, 5.41) is 13.5. The summed E-state index contributed by atoms with van der Waals surface area (Å²) in [6.45, 7) is 1.75. The first-order valence-corrected chi connectivity index (χ1v) is 12.1. The Bertz CT molecular complexity index is 1350. The number of aromatic nitrogens is 4. The van der Waals surface area contributed by atoms with Gasteiger partial charge in [0, 0.05) is 11.5 Å². The maximum absolute atomic E-state index is 14.5. The molecule has 3 heterocycles. The molecule has 36 heavy (non-hydrogen) atoms. The Morgan fingerprint density at radius 3 is 2.36 bits per heavy atom. The number of rotatable bonds is 6. The third-order valence-corrected chi connectivity index (χ3v) is 5.19. The van der Waals surface area contributed by atoms with Gasteiger partial charge in [-0.1, -0.05) is 13.0 Å². The quantitative estimate of drug-likeness (QED) is 0.405. The third kappa shape index (κ3) is 6.57. The number of benzene rings is 1. The Morgan fingerprint density at radius 1 is 1.14 bits per heavy atom. The van der Waals surface area contributed by atoms with Crippen molar-refractivity contribution in [2.24, 2.45) is 4.99 Å². The Balaban J connectivity index is 0.000000658. The molecule has 3 aromatic rings. The molecule has 1 aromatic carbocycles. The lowest BCUT2D eigenvalue weighted by molar-refractivity contribution is -0.0135. The highest BCUT2D eigenvalue weighted by Crippen LogP contribution is 2.42. The monoisotopic (exact) mass is 525 g/mol. The van der Waals surface area contributed by atoms with Crippen LogP contribution in [0.3, 0.4) is 0 Å². The van der Waals surface area contributed by atoms with E-state index >= 15 is 0 Å². The first-order chi connectivity index (χ1) is 16.9. The minimum absolute atomic E-state index is 0.0138. The molecule has 4 rings (SSSR count). The molecular formula is C21H22F3N7O4S. The molecule has 192 valence electrons. The molecule has 2 aromatic heterocycles. The molecule has 0 bridgehead atoms. The molecule has 0 aliphatic carbocycles. The van der Waals surface area contributed by atoms with E-state index in [-0.39, 0.29) is 29.1 Å². The summed E-state index contributed by atoms with van der Waals surface area (Å²) in [4.78, 5) is 19.2. The number of aliphatic hydroxyl groups is 1. The van der Waals surface area contributed by atoms with E-state index in [4.69, 9.17) is 4.55 Å². The molecule has 0 saturated heterocycles. The normalized spacial score (nSPS) is 15.7. The van der Waals surface area contributed by atoms with Crippen molar-refractivity contribution in [3.63, 3.8) is 0 Å². The Kier molecular flexibility index (Phi) is 8.29. The summed E-state index contributed by atoms with van der Waals surface area (Å²) in [6, 6.07) is 3.53. The Morgan fingerprint density at radius 2 is 1.78 bits per heavy atom. The van der Waals surface area contributed by atoms with Crippen LogP contribution in [0, 0.1) is 17.5 Å². The van der Waals surface area contributed by atoms with Crippen molar-refractivity contribution in [3.05, 3.63) is 72.0 Å². The van der Waals surface area contributed by atoms with Gasteiger partial charge in [-0.2, -0.15) is 8.42 Å². The predicted molar refractivity (Wildman–Crippen MR) is 122 cm³/mol. The fourth-order valence-corrected chi connectivity index (χ4v) is 3.59. The van der Waals surface area contributed by atoms with E-state index in [0.29, 0.717) is 12.9 Å². The second kappa shape index (κ2) is 11.0. The van der Waals surface area contributed by atoms with Gasteiger partial charge in [-0.15, -0.1) is 0 Å². The maximum atomic E-state index is 14.5. The van der Waals surface area contributed by atoms with Crippen molar-refractivity contribution < 1.29 is 31.2 Å². The number of β-amino-alcohol motifs (C(OH)–C–C–N with tert-alkyl or cyclic N) is 1. The van der Waals surface area contributed by atoms with Crippen LogP contribution >= 0.6 is 0 Å². The van der Waals surface area contributed by atoms with Gasteiger partial charge in [-0.25, -0.2) is 38.5 Å². The molecule has 15 heteroatoms. The van der Waals surface area contributed by atoms with Crippen LogP contribution in [0.5, 0.6) is 0 Å². The zero-order valence-corrected chi connectivity index (χ0v) is 19.9.